The molecule has 0 saturated heterocycles. The summed E-state index contributed by atoms with van der Waals surface area (Å²) in [6.45, 7) is 6.68. The zero-order valence-corrected chi connectivity index (χ0v) is 11.9. The minimum absolute atomic E-state index is 0.683. The maximum absolute atomic E-state index is 5.82. The Kier molecular flexibility index (Phi) is 3.14. The van der Waals surface area contributed by atoms with Crippen molar-refractivity contribution in [2.75, 3.05) is 0 Å². The van der Waals surface area contributed by atoms with E-state index in [1.807, 2.05) is 49.1 Å². The van der Waals surface area contributed by atoms with Crippen molar-refractivity contribution in [1.82, 2.24) is 14.5 Å². The monoisotopic (exact) mass is 267 g/mol. The molecule has 2 heterocycles. The van der Waals surface area contributed by atoms with Crippen LogP contribution in [0.3, 0.4) is 0 Å². The highest BCUT2D eigenvalue weighted by molar-refractivity contribution is 5.58. The molecule has 3 aromatic rings. The predicted octanol–water partition coefficient (Wildman–Crippen LogP) is 3.51. The Morgan fingerprint density at radius 3 is 2.65 bits per heavy atom. The van der Waals surface area contributed by atoms with E-state index in [9.17, 15) is 0 Å². The molecule has 0 N–H and O–H groups in total. The second-order valence-electron chi connectivity index (χ2n) is 5.02. The van der Waals surface area contributed by atoms with Gasteiger partial charge in [0.1, 0.15) is 11.5 Å². The molecule has 2 aromatic heterocycles. The molecule has 0 amide bonds. The number of benzene rings is 1. The first-order chi connectivity index (χ1) is 9.63. The molecule has 0 bridgehead atoms. The van der Waals surface area contributed by atoms with E-state index in [1.54, 1.807) is 0 Å². The standard InChI is InChI=1S/C16H17N3O/c1-11-6-4-5-7-14(11)16-18-15(13(3)20-16)9-19-8-12(2)17-10-19/h4-8,10H,9H2,1-3H3. The first kappa shape index (κ1) is 12.7. The third kappa shape index (κ3) is 2.37. The fraction of sp³-hybridized carbons (Fsp3) is 0.250. The number of hydrogen-bond acceptors (Lipinski definition) is 3. The molecule has 0 atom stereocenters. The molecule has 0 spiro atoms. The summed E-state index contributed by atoms with van der Waals surface area (Å²) in [6, 6.07) is 8.12. The topological polar surface area (TPSA) is 43.9 Å². The van der Waals surface area contributed by atoms with Gasteiger partial charge in [-0.1, -0.05) is 18.2 Å². The Morgan fingerprint density at radius 2 is 1.95 bits per heavy atom. The molecule has 4 heteroatoms. The van der Waals surface area contributed by atoms with Crippen LogP contribution in [0.4, 0.5) is 0 Å². The van der Waals surface area contributed by atoms with Crippen LogP contribution in [0, 0.1) is 20.8 Å². The molecular formula is C16H17N3O. The predicted molar refractivity (Wildman–Crippen MR) is 77.5 cm³/mol. The molecule has 0 saturated carbocycles. The molecule has 0 radical (unpaired) electrons. The van der Waals surface area contributed by atoms with Gasteiger partial charge in [-0.3, -0.25) is 0 Å². The zero-order chi connectivity index (χ0) is 14.1. The van der Waals surface area contributed by atoms with Crippen LogP contribution in [0.5, 0.6) is 0 Å². The lowest BCUT2D eigenvalue weighted by molar-refractivity contribution is 0.537. The number of hydrogen-bond donors (Lipinski definition) is 0. The summed E-state index contributed by atoms with van der Waals surface area (Å²) in [7, 11) is 0. The van der Waals surface area contributed by atoms with Crippen LogP contribution in [0.1, 0.15) is 22.7 Å². The maximum atomic E-state index is 5.82. The second-order valence-corrected chi connectivity index (χ2v) is 5.02. The first-order valence-electron chi connectivity index (χ1n) is 6.64. The molecule has 3 rings (SSSR count). The van der Waals surface area contributed by atoms with Crippen LogP contribution < -0.4 is 0 Å². The van der Waals surface area contributed by atoms with Gasteiger partial charge in [-0.2, -0.15) is 0 Å². The highest BCUT2D eigenvalue weighted by Gasteiger charge is 2.13. The average Bonchev–Trinajstić information content (AvgIpc) is 2.98. The Morgan fingerprint density at radius 1 is 1.15 bits per heavy atom. The van der Waals surface area contributed by atoms with E-state index in [0.717, 1.165) is 22.7 Å². The average molecular weight is 267 g/mol. The van der Waals surface area contributed by atoms with E-state index in [1.165, 1.54) is 5.56 Å². The van der Waals surface area contributed by atoms with E-state index < -0.39 is 0 Å². The highest BCUT2D eigenvalue weighted by Crippen LogP contribution is 2.25. The van der Waals surface area contributed by atoms with Gasteiger partial charge in [0, 0.05) is 11.8 Å². The quantitative estimate of drug-likeness (QED) is 0.729. The maximum Gasteiger partial charge on any atom is 0.226 e. The van der Waals surface area contributed by atoms with Crippen LogP contribution in [-0.4, -0.2) is 14.5 Å². The molecule has 0 aliphatic heterocycles. The molecular weight excluding hydrogens is 250 g/mol. The lowest BCUT2D eigenvalue weighted by Gasteiger charge is -1.99. The summed E-state index contributed by atoms with van der Waals surface area (Å²) in [4.78, 5) is 8.86. The van der Waals surface area contributed by atoms with Crippen molar-refractivity contribution < 1.29 is 4.42 Å². The van der Waals surface area contributed by atoms with Crippen LogP contribution in [0.2, 0.25) is 0 Å². The highest BCUT2D eigenvalue weighted by atomic mass is 16.4. The third-order valence-electron chi connectivity index (χ3n) is 3.36. The molecule has 0 aliphatic carbocycles. The van der Waals surface area contributed by atoms with Crippen molar-refractivity contribution in [1.29, 1.82) is 0 Å². The van der Waals surface area contributed by atoms with Gasteiger partial charge in [0.25, 0.3) is 0 Å². The van der Waals surface area contributed by atoms with Gasteiger partial charge in [-0.25, -0.2) is 9.97 Å². The molecule has 0 unspecified atom stereocenters. The Hall–Kier alpha value is -2.36. The lowest BCUT2D eigenvalue weighted by Crippen LogP contribution is -1.98. The summed E-state index contributed by atoms with van der Waals surface area (Å²) in [5.41, 5.74) is 4.16. The number of aryl methyl sites for hydroxylation is 3. The number of rotatable bonds is 3. The lowest BCUT2D eigenvalue weighted by atomic mass is 10.1. The normalized spacial score (nSPS) is 10.9. The second kappa shape index (κ2) is 4.96. The van der Waals surface area contributed by atoms with Crippen molar-refractivity contribution in [2.24, 2.45) is 0 Å². The molecule has 0 fully saturated rings. The number of aromatic nitrogens is 3. The zero-order valence-electron chi connectivity index (χ0n) is 11.9. The van der Waals surface area contributed by atoms with Gasteiger partial charge in [-0.05, 0) is 32.4 Å². The summed E-state index contributed by atoms with van der Waals surface area (Å²) >= 11 is 0. The fourth-order valence-corrected chi connectivity index (χ4v) is 2.23. The summed E-state index contributed by atoms with van der Waals surface area (Å²) in [6.07, 6.45) is 3.82. The van der Waals surface area contributed by atoms with Crippen molar-refractivity contribution in [3.8, 4) is 11.5 Å². The fourth-order valence-electron chi connectivity index (χ4n) is 2.23. The Balaban J connectivity index is 1.93. The van der Waals surface area contributed by atoms with Crippen molar-refractivity contribution in [3.63, 3.8) is 0 Å². The van der Waals surface area contributed by atoms with Crippen LogP contribution in [0.25, 0.3) is 11.5 Å². The van der Waals surface area contributed by atoms with Crippen molar-refractivity contribution in [3.05, 3.63) is 59.5 Å². The smallest absolute Gasteiger partial charge is 0.226 e. The Bertz CT molecular complexity index is 740. The Labute approximate surface area is 118 Å². The minimum Gasteiger partial charge on any atom is -0.441 e. The van der Waals surface area contributed by atoms with Gasteiger partial charge in [0.15, 0.2) is 0 Å². The van der Waals surface area contributed by atoms with E-state index in [2.05, 4.69) is 23.0 Å². The SMILES string of the molecule is Cc1cn(Cc2nc(-c3ccccc3C)oc2C)cn1. The molecule has 20 heavy (non-hydrogen) atoms. The third-order valence-corrected chi connectivity index (χ3v) is 3.36. The van der Waals surface area contributed by atoms with Gasteiger partial charge < -0.3 is 8.98 Å². The number of oxazole rings is 1. The summed E-state index contributed by atoms with van der Waals surface area (Å²) in [5.74, 6) is 1.54. The van der Waals surface area contributed by atoms with E-state index >= 15 is 0 Å². The molecule has 102 valence electrons. The first-order valence-corrected chi connectivity index (χ1v) is 6.64. The van der Waals surface area contributed by atoms with Gasteiger partial charge >= 0.3 is 0 Å². The largest absolute Gasteiger partial charge is 0.441 e. The minimum atomic E-state index is 0.683. The van der Waals surface area contributed by atoms with Gasteiger partial charge in [0.2, 0.25) is 5.89 Å². The van der Waals surface area contributed by atoms with Gasteiger partial charge in [0.05, 0.1) is 18.6 Å². The summed E-state index contributed by atoms with van der Waals surface area (Å²) < 4.78 is 7.83. The van der Waals surface area contributed by atoms with Crippen molar-refractivity contribution >= 4 is 0 Å². The molecule has 1 aromatic carbocycles. The summed E-state index contributed by atoms with van der Waals surface area (Å²) in [5, 5.41) is 0. The molecule has 0 aliphatic rings. The number of imidazole rings is 1. The van der Waals surface area contributed by atoms with Gasteiger partial charge in [-0.15, -0.1) is 0 Å². The van der Waals surface area contributed by atoms with Crippen LogP contribution in [0.15, 0.2) is 41.2 Å². The van der Waals surface area contributed by atoms with Crippen LogP contribution in [-0.2, 0) is 6.54 Å². The number of nitrogens with zero attached hydrogens (tertiary/aromatic N) is 3. The van der Waals surface area contributed by atoms with Crippen molar-refractivity contribution in [2.45, 2.75) is 27.3 Å². The van der Waals surface area contributed by atoms with E-state index in [4.69, 9.17) is 4.42 Å². The van der Waals surface area contributed by atoms with Crippen LogP contribution >= 0.6 is 0 Å². The molecule has 4 nitrogen and oxygen atoms in total. The van der Waals surface area contributed by atoms with E-state index in [-0.39, 0.29) is 0 Å². The van der Waals surface area contributed by atoms with E-state index in [0.29, 0.717) is 12.4 Å².